The van der Waals surface area contributed by atoms with Crippen LogP contribution in [0.1, 0.15) is 82.4 Å². The molecule has 0 unspecified atom stereocenters. The fourth-order valence-electron chi connectivity index (χ4n) is 4.93. The van der Waals surface area contributed by atoms with Gasteiger partial charge >= 0.3 is 0 Å². The summed E-state index contributed by atoms with van der Waals surface area (Å²) in [5.41, 5.74) is 4.02. The maximum absolute atomic E-state index is 12.9. The third-order valence-electron chi connectivity index (χ3n) is 7.55. The first-order valence-electron chi connectivity index (χ1n) is 11.1. The molecule has 3 rings (SSSR count). The van der Waals surface area contributed by atoms with Gasteiger partial charge in [0.2, 0.25) is 0 Å². The van der Waals surface area contributed by atoms with E-state index in [1.165, 1.54) is 24.0 Å². The Kier molecular flexibility index (Phi) is 6.69. The Morgan fingerprint density at radius 1 is 1.04 bits per heavy atom. The topological polar surface area (TPSA) is 51.2 Å². The van der Waals surface area contributed by atoms with Crippen molar-refractivity contribution in [3.8, 4) is 0 Å². The van der Waals surface area contributed by atoms with E-state index in [1.54, 1.807) is 0 Å². The van der Waals surface area contributed by atoms with Crippen LogP contribution in [0.25, 0.3) is 0 Å². The lowest BCUT2D eigenvalue weighted by molar-refractivity contribution is -0.123. The van der Waals surface area contributed by atoms with E-state index in [1.807, 2.05) is 20.8 Å². The number of ketones is 1. The number of rotatable bonds is 8. The van der Waals surface area contributed by atoms with Gasteiger partial charge in [0.15, 0.2) is 9.84 Å². The van der Waals surface area contributed by atoms with E-state index in [0.29, 0.717) is 25.0 Å². The zero-order valence-corrected chi connectivity index (χ0v) is 18.6. The zero-order valence-electron chi connectivity index (χ0n) is 17.8. The van der Waals surface area contributed by atoms with Crippen molar-refractivity contribution >= 4 is 15.6 Å². The van der Waals surface area contributed by atoms with Gasteiger partial charge in [-0.2, -0.15) is 0 Å². The van der Waals surface area contributed by atoms with Crippen LogP contribution < -0.4 is 0 Å². The van der Waals surface area contributed by atoms with Crippen LogP contribution in [0.3, 0.4) is 0 Å². The number of benzene rings is 1. The monoisotopic (exact) mass is 404 g/mol. The van der Waals surface area contributed by atoms with Gasteiger partial charge in [0.05, 0.1) is 10.5 Å². The van der Waals surface area contributed by atoms with E-state index in [9.17, 15) is 13.2 Å². The highest BCUT2D eigenvalue weighted by Crippen LogP contribution is 2.35. The SMILES string of the molecule is CCC(C)(CC)S(=O)(=O)CC1CCC(C(=O)Cc2ccc3c(c2)CCC3)CC1. The average molecular weight is 405 g/mol. The lowest BCUT2D eigenvalue weighted by atomic mass is 9.79. The fourth-order valence-corrected chi connectivity index (χ4v) is 7.17. The lowest BCUT2D eigenvalue weighted by Crippen LogP contribution is -2.39. The molecule has 0 heterocycles. The number of sulfone groups is 1. The Balaban J connectivity index is 1.53. The summed E-state index contributed by atoms with van der Waals surface area (Å²) < 4.78 is 25.1. The van der Waals surface area contributed by atoms with Gasteiger partial charge in [-0.3, -0.25) is 4.79 Å². The van der Waals surface area contributed by atoms with Crippen molar-refractivity contribution in [1.82, 2.24) is 0 Å². The van der Waals surface area contributed by atoms with Crippen LogP contribution >= 0.6 is 0 Å². The molecule has 1 aromatic rings. The summed E-state index contributed by atoms with van der Waals surface area (Å²) in [5.74, 6) is 0.949. The molecule has 0 radical (unpaired) electrons. The number of hydrogen-bond donors (Lipinski definition) is 0. The van der Waals surface area contributed by atoms with Crippen LogP contribution in [0.4, 0.5) is 0 Å². The van der Waals surface area contributed by atoms with Crippen LogP contribution in [0.5, 0.6) is 0 Å². The Morgan fingerprint density at radius 2 is 1.68 bits per heavy atom. The molecule has 0 aromatic heterocycles. The van der Waals surface area contributed by atoms with E-state index in [-0.39, 0.29) is 17.6 Å². The Hall–Kier alpha value is -1.16. The van der Waals surface area contributed by atoms with Crippen LogP contribution in [0, 0.1) is 11.8 Å². The number of carbonyl (C=O) groups excluding carboxylic acids is 1. The molecule has 0 amide bonds. The van der Waals surface area contributed by atoms with Crippen molar-refractivity contribution in [3.63, 3.8) is 0 Å². The maximum Gasteiger partial charge on any atom is 0.155 e. The predicted octanol–water partition coefficient (Wildman–Crippen LogP) is 5.09. The van der Waals surface area contributed by atoms with Crippen LogP contribution in [-0.2, 0) is 33.9 Å². The van der Waals surface area contributed by atoms with Gasteiger partial charge in [-0.05, 0) is 87.3 Å². The third-order valence-corrected chi connectivity index (χ3v) is 10.5. The van der Waals surface area contributed by atoms with Crippen LogP contribution in [0.15, 0.2) is 18.2 Å². The summed E-state index contributed by atoms with van der Waals surface area (Å²) in [7, 11) is -3.10. The summed E-state index contributed by atoms with van der Waals surface area (Å²) in [4.78, 5) is 12.8. The molecule has 0 spiro atoms. The molecular weight excluding hydrogens is 368 g/mol. The standard InChI is InChI=1S/C24H36O3S/c1-4-24(3,5-2)28(26,27)17-18-9-13-21(14-10-18)23(25)16-19-11-12-20-7-6-8-22(20)15-19/h11-12,15,18,21H,4-10,13-14,16-17H2,1-3H3. The van der Waals surface area contributed by atoms with Gasteiger partial charge in [-0.15, -0.1) is 0 Å². The van der Waals surface area contributed by atoms with E-state index in [2.05, 4.69) is 18.2 Å². The molecule has 0 saturated heterocycles. The summed E-state index contributed by atoms with van der Waals surface area (Å²) in [6.45, 7) is 5.82. The minimum Gasteiger partial charge on any atom is -0.299 e. The van der Waals surface area contributed by atoms with E-state index in [0.717, 1.165) is 37.7 Å². The molecule has 156 valence electrons. The predicted molar refractivity (Wildman–Crippen MR) is 115 cm³/mol. The molecule has 1 saturated carbocycles. The fraction of sp³-hybridized carbons (Fsp3) is 0.708. The minimum atomic E-state index is -3.10. The molecule has 0 N–H and O–H groups in total. The molecule has 1 aromatic carbocycles. The molecular formula is C24H36O3S. The molecule has 1 fully saturated rings. The van der Waals surface area contributed by atoms with Gasteiger partial charge in [-0.25, -0.2) is 8.42 Å². The highest BCUT2D eigenvalue weighted by atomic mass is 32.2. The molecule has 2 aliphatic carbocycles. The molecule has 0 atom stereocenters. The molecule has 3 nitrogen and oxygen atoms in total. The average Bonchev–Trinajstić information content (AvgIpc) is 3.15. The van der Waals surface area contributed by atoms with Gasteiger partial charge in [0.1, 0.15) is 5.78 Å². The van der Waals surface area contributed by atoms with E-state index < -0.39 is 14.6 Å². The van der Waals surface area contributed by atoms with Crippen molar-refractivity contribution in [2.75, 3.05) is 5.75 Å². The second-order valence-electron chi connectivity index (χ2n) is 9.26. The molecule has 0 aliphatic heterocycles. The summed E-state index contributed by atoms with van der Waals surface area (Å²) in [5, 5.41) is 0. The third kappa shape index (κ3) is 4.53. The summed E-state index contributed by atoms with van der Waals surface area (Å²) in [6.07, 6.45) is 8.84. The van der Waals surface area contributed by atoms with Crippen LogP contribution in [0.2, 0.25) is 0 Å². The second-order valence-corrected chi connectivity index (χ2v) is 11.8. The van der Waals surface area contributed by atoms with E-state index in [4.69, 9.17) is 0 Å². The van der Waals surface area contributed by atoms with Crippen LogP contribution in [-0.4, -0.2) is 24.7 Å². The van der Waals surface area contributed by atoms with Gasteiger partial charge in [0, 0.05) is 12.3 Å². The van der Waals surface area contributed by atoms with Crippen molar-refractivity contribution in [2.24, 2.45) is 11.8 Å². The van der Waals surface area contributed by atoms with Gasteiger partial charge in [0.25, 0.3) is 0 Å². The normalized spacial score (nSPS) is 22.8. The lowest BCUT2D eigenvalue weighted by Gasteiger charge is -2.32. The first-order chi connectivity index (χ1) is 13.3. The largest absolute Gasteiger partial charge is 0.299 e. The molecule has 4 heteroatoms. The highest BCUT2D eigenvalue weighted by molar-refractivity contribution is 7.92. The summed E-state index contributed by atoms with van der Waals surface area (Å²) >= 11 is 0. The van der Waals surface area contributed by atoms with Gasteiger partial charge in [-0.1, -0.05) is 32.0 Å². The highest BCUT2D eigenvalue weighted by Gasteiger charge is 2.38. The molecule has 28 heavy (non-hydrogen) atoms. The second kappa shape index (κ2) is 8.69. The molecule has 2 aliphatic rings. The first kappa shape index (κ1) is 21.5. The molecule has 0 bridgehead atoms. The van der Waals surface area contributed by atoms with E-state index >= 15 is 0 Å². The number of hydrogen-bond acceptors (Lipinski definition) is 3. The Labute approximate surface area is 171 Å². The number of Topliss-reactive ketones (excluding diaryl/α,β-unsaturated/α-hetero) is 1. The zero-order chi connectivity index (χ0) is 20.4. The smallest absolute Gasteiger partial charge is 0.155 e. The summed E-state index contributed by atoms with van der Waals surface area (Å²) in [6, 6.07) is 6.55. The Bertz CT molecular complexity index is 797. The van der Waals surface area contributed by atoms with Crippen molar-refractivity contribution in [2.45, 2.75) is 89.7 Å². The Morgan fingerprint density at radius 3 is 2.32 bits per heavy atom. The number of fused-ring (bicyclic) bond motifs is 1. The van der Waals surface area contributed by atoms with Gasteiger partial charge < -0.3 is 0 Å². The first-order valence-corrected chi connectivity index (χ1v) is 12.8. The number of aryl methyl sites for hydroxylation is 2. The van der Waals surface area contributed by atoms with Crippen molar-refractivity contribution in [3.05, 3.63) is 34.9 Å². The quantitative estimate of drug-likeness (QED) is 0.606. The van der Waals surface area contributed by atoms with Crippen molar-refractivity contribution < 1.29 is 13.2 Å². The minimum absolute atomic E-state index is 0.107. The van der Waals surface area contributed by atoms with Crippen molar-refractivity contribution in [1.29, 1.82) is 0 Å². The number of carbonyl (C=O) groups is 1. The maximum atomic E-state index is 12.9.